The number of nitrogens with zero attached hydrogens (tertiary/aromatic N) is 1. The van der Waals surface area contributed by atoms with Gasteiger partial charge in [-0.3, -0.25) is 4.18 Å². The summed E-state index contributed by atoms with van der Waals surface area (Å²) in [6.07, 6.45) is 0.326. The highest BCUT2D eigenvalue weighted by atomic mass is 32.2. The molecule has 9 heteroatoms. The molecular formula is C20H33NO6SSi. The lowest BCUT2D eigenvalue weighted by Gasteiger charge is -2.37. The molecule has 0 spiro atoms. The number of carbonyl (C=O) groups is 1. The highest BCUT2D eigenvalue weighted by molar-refractivity contribution is 7.86. The number of rotatable bonds is 7. The average Bonchev–Trinajstić information content (AvgIpc) is 2.99. The molecule has 0 aliphatic carbocycles. The lowest BCUT2D eigenvalue weighted by molar-refractivity contribution is 0.0791. The van der Waals surface area contributed by atoms with Gasteiger partial charge in [-0.15, -0.1) is 0 Å². The molecule has 1 fully saturated rings. The molecule has 29 heavy (non-hydrogen) atoms. The van der Waals surface area contributed by atoms with E-state index in [2.05, 4.69) is 33.9 Å². The third kappa shape index (κ3) is 7.09. The molecular weight excluding hydrogens is 410 g/mol. The Kier molecular flexibility index (Phi) is 7.53. The maximum atomic E-state index is 12.7. The number of benzene rings is 1. The van der Waals surface area contributed by atoms with Crippen LogP contribution in [0, 0.1) is 0 Å². The Morgan fingerprint density at radius 3 is 2.38 bits per heavy atom. The van der Waals surface area contributed by atoms with E-state index in [0.717, 1.165) is 11.8 Å². The summed E-state index contributed by atoms with van der Waals surface area (Å²) in [7, 11) is -5.63. The number of hydrogen-bond donors (Lipinski definition) is 0. The van der Waals surface area contributed by atoms with Crippen molar-refractivity contribution in [2.75, 3.05) is 19.4 Å². The summed E-state index contributed by atoms with van der Waals surface area (Å²) < 4.78 is 40.0. The Balaban J connectivity index is 2.06. The van der Waals surface area contributed by atoms with Crippen molar-refractivity contribution < 1.29 is 26.6 Å². The van der Waals surface area contributed by atoms with E-state index in [0.29, 0.717) is 13.0 Å². The molecule has 2 atom stereocenters. The zero-order valence-corrected chi connectivity index (χ0v) is 20.0. The third-order valence-corrected chi connectivity index (χ3v) is 10.7. The number of hydrogen-bond acceptors (Lipinski definition) is 6. The monoisotopic (exact) mass is 443 g/mol. The quantitative estimate of drug-likeness (QED) is 0.471. The summed E-state index contributed by atoms with van der Waals surface area (Å²) in [5.74, 6) is 0. The Hall–Kier alpha value is -1.42. The van der Waals surface area contributed by atoms with Gasteiger partial charge in [0.25, 0.3) is 10.1 Å². The summed E-state index contributed by atoms with van der Waals surface area (Å²) in [5, 5.41) is 0.0346. The Morgan fingerprint density at radius 2 is 1.83 bits per heavy atom. The van der Waals surface area contributed by atoms with Gasteiger partial charge in [0.15, 0.2) is 8.32 Å². The maximum Gasteiger partial charge on any atom is 0.410 e. The molecule has 0 saturated carbocycles. The van der Waals surface area contributed by atoms with Gasteiger partial charge in [0.2, 0.25) is 0 Å². The number of likely N-dealkylation sites (tertiary alicyclic amines) is 1. The van der Waals surface area contributed by atoms with Crippen molar-refractivity contribution in [2.45, 2.75) is 64.1 Å². The predicted molar refractivity (Wildman–Crippen MR) is 115 cm³/mol. The highest BCUT2D eigenvalue weighted by Gasteiger charge is 2.42. The van der Waals surface area contributed by atoms with Gasteiger partial charge in [-0.25, -0.2) is 4.79 Å². The number of carbonyl (C=O) groups excluding carboxylic acids is 1. The van der Waals surface area contributed by atoms with Gasteiger partial charge >= 0.3 is 6.09 Å². The first-order valence-corrected chi connectivity index (χ1v) is 14.5. The van der Waals surface area contributed by atoms with E-state index in [-0.39, 0.29) is 24.2 Å². The minimum Gasteiger partial charge on any atom is -0.445 e. The molecule has 1 aliphatic rings. The molecule has 2 rings (SSSR count). The van der Waals surface area contributed by atoms with Crippen molar-refractivity contribution >= 4 is 24.5 Å². The minimum atomic E-state index is -3.61. The third-order valence-electron chi connectivity index (χ3n) is 5.57. The van der Waals surface area contributed by atoms with Gasteiger partial charge in [-0.2, -0.15) is 8.42 Å². The molecule has 164 valence electrons. The van der Waals surface area contributed by atoms with Crippen molar-refractivity contribution in [3.8, 4) is 0 Å². The minimum absolute atomic E-state index is 0.0346. The molecule has 1 aliphatic heterocycles. The van der Waals surface area contributed by atoms with Crippen LogP contribution in [0.2, 0.25) is 18.1 Å². The summed E-state index contributed by atoms with van der Waals surface area (Å²) in [4.78, 5) is 14.2. The van der Waals surface area contributed by atoms with Crippen LogP contribution in [0.5, 0.6) is 0 Å². The second-order valence-corrected chi connectivity index (χ2v) is 15.5. The van der Waals surface area contributed by atoms with Crippen LogP contribution in [0.1, 0.15) is 32.8 Å². The second kappa shape index (κ2) is 9.16. The SMILES string of the molecule is CC(C)(C)[Si](C)(C)OC[C@@H]1C[C@@H](OS(C)(=O)=O)CN1C(=O)OCc1ccccc1. The van der Waals surface area contributed by atoms with Crippen LogP contribution in [0.25, 0.3) is 0 Å². The zero-order valence-electron chi connectivity index (χ0n) is 18.2. The Bertz CT molecular complexity index is 791. The van der Waals surface area contributed by atoms with E-state index in [1.54, 1.807) is 0 Å². The van der Waals surface area contributed by atoms with Crippen LogP contribution in [0.15, 0.2) is 30.3 Å². The molecule has 1 amide bonds. The molecule has 7 nitrogen and oxygen atoms in total. The summed E-state index contributed by atoms with van der Waals surface area (Å²) in [5.41, 5.74) is 0.887. The van der Waals surface area contributed by atoms with Crippen molar-refractivity contribution in [1.29, 1.82) is 0 Å². The van der Waals surface area contributed by atoms with Gasteiger partial charge in [0.1, 0.15) is 6.61 Å². The van der Waals surface area contributed by atoms with Crippen LogP contribution >= 0.6 is 0 Å². The van der Waals surface area contributed by atoms with Crippen molar-refractivity contribution in [3.05, 3.63) is 35.9 Å². The largest absolute Gasteiger partial charge is 0.445 e. The summed E-state index contributed by atoms with van der Waals surface area (Å²) >= 11 is 0. The van der Waals surface area contributed by atoms with Crippen LogP contribution in [-0.4, -0.2) is 59.3 Å². The normalized spacial score (nSPS) is 20.7. The average molecular weight is 444 g/mol. The molecule has 0 bridgehead atoms. The number of amides is 1. The first-order chi connectivity index (χ1) is 13.3. The fourth-order valence-corrected chi connectivity index (χ4v) is 4.57. The van der Waals surface area contributed by atoms with E-state index in [1.807, 2.05) is 30.3 Å². The van der Waals surface area contributed by atoms with E-state index in [4.69, 9.17) is 13.3 Å². The van der Waals surface area contributed by atoms with Crippen LogP contribution in [0.3, 0.4) is 0 Å². The lowest BCUT2D eigenvalue weighted by Crippen LogP contribution is -2.46. The lowest BCUT2D eigenvalue weighted by atomic mass is 10.2. The molecule has 0 N–H and O–H groups in total. The summed E-state index contributed by atoms with van der Waals surface area (Å²) in [6.45, 7) is 11.4. The number of ether oxygens (including phenoxy) is 1. The van der Waals surface area contributed by atoms with E-state index >= 15 is 0 Å². The summed E-state index contributed by atoms with van der Waals surface area (Å²) in [6, 6.07) is 9.12. The fourth-order valence-electron chi connectivity index (χ4n) is 2.90. The van der Waals surface area contributed by atoms with Crippen molar-refractivity contribution in [2.24, 2.45) is 0 Å². The second-order valence-electron chi connectivity index (χ2n) is 9.08. The molecule has 0 unspecified atom stereocenters. The predicted octanol–water partition coefficient (Wildman–Crippen LogP) is 3.76. The van der Waals surface area contributed by atoms with E-state index in [9.17, 15) is 13.2 Å². The van der Waals surface area contributed by atoms with E-state index in [1.165, 1.54) is 4.90 Å². The topological polar surface area (TPSA) is 82.1 Å². The molecule has 1 heterocycles. The molecule has 1 aromatic rings. The van der Waals surface area contributed by atoms with Crippen molar-refractivity contribution in [1.82, 2.24) is 4.90 Å². The molecule has 0 aromatic heterocycles. The molecule has 0 radical (unpaired) electrons. The molecule has 1 saturated heterocycles. The first kappa shape index (κ1) is 23.9. The highest BCUT2D eigenvalue weighted by Crippen LogP contribution is 2.37. The van der Waals surface area contributed by atoms with Gasteiger partial charge in [0.05, 0.1) is 31.6 Å². The molecule has 1 aromatic carbocycles. The van der Waals surface area contributed by atoms with Gasteiger partial charge in [-0.05, 0) is 30.1 Å². The standard InChI is InChI=1S/C20H33NO6SSi/c1-20(2,3)29(5,6)26-15-17-12-18(27-28(4,23)24)13-21(17)19(22)25-14-16-10-8-7-9-11-16/h7-11,17-18H,12-15H2,1-6H3/t17-,18+/m0/s1. The smallest absolute Gasteiger partial charge is 0.410 e. The Labute approximate surface area is 175 Å². The van der Waals surface area contributed by atoms with E-state index < -0.39 is 30.6 Å². The maximum absolute atomic E-state index is 12.7. The van der Waals surface area contributed by atoms with Crippen molar-refractivity contribution in [3.63, 3.8) is 0 Å². The van der Waals surface area contributed by atoms with Gasteiger partial charge in [0, 0.05) is 0 Å². The first-order valence-electron chi connectivity index (χ1n) is 9.78. The fraction of sp³-hybridized carbons (Fsp3) is 0.650. The van der Waals surface area contributed by atoms with Crippen LogP contribution in [-0.2, 0) is 30.1 Å². The zero-order chi connectivity index (χ0) is 21.9. The van der Waals surface area contributed by atoms with Gasteiger partial charge < -0.3 is 14.1 Å². The van der Waals surface area contributed by atoms with Crippen LogP contribution in [0.4, 0.5) is 4.79 Å². The van der Waals surface area contributed by atoms with Crippen LogP contribution < -0.4 is 0 Å². The Morgan fingerprint density at radius 1 is 1.21 bits per heavy atom. The van der Waals surface area contributed by atoms with Gasteiger partial charge in [-0.1, -0.05) is 51.1 Å².